The van der Waals surface area contributed by atoms with Crippen molar-refractivity contribution in [2.24, 2.45) is 11.8 Å². The number of hydrogen-bond donors (Lipinski definition) is 1. The Balaban J connectivity index is 1.82. The van der Waals surface area contributed by atoms with Gasteiger partial charge in [-0.25, -0.2) is 4.68 Å². The van der Waals surface area contributed by atoms with E-state index in [0.29, 0.717) is 11.8 Å². The molecule has 0 atom stereocenters. The zero-order valence-electron chi connectivity index (χ0n) is 11.3. The highest BCUT2D eigenvalue weighted by Gasteiger charge is 2.16. The van der Waals surface area contributed by atoms with Gasteiger partial charge in [-0.05, 0) is 41.6 Å². The van der Waals surface area contributed by atoms with Gasteiger partial charge in [0.25, 0.3) is 0 Å². The van der Waals surface area contributed by atoms with Crippen molar-refractivity contribution in [3.05, 3.63) is 5.82 Å². The van der Waals surface area contributed by atoms with E-state index in [-0.39, 0.29) is 0 Å². The van der Waals surface area contributed by atoms with Crippen LogP contribution in [0.4, 0.5) is 0 Å². The molecule has 6 nitrogen and oxygen atoms in total. The fourth-order valence-corrected chi connectivity index (χ4v) is 2.14. The van der Waals surface area contributed by atoms with Crippen LogP contribution in [0.3, 0.4) is 0 Å². The van der Waals surface area contributed by atoms with E-state index in [0.717, 1.165) is 51.5 Å². The Hall–Kier alpha value is -1.01. The van der Waals surface area contributed by atoms with Crippen LogP contribution in [-0.2, 0) is 17.8 Å². The first-order chi connectivity index (χ1) is 8.75. The third-order valence-corrected chi connectivity index (χ3v) is 3.21. The van der Waals surface area contributed by atoms with Gasteiger partial charge in [-0.1, -0.05) is 13.8 Å². The molecule has 0 aliphatic carbocycles. The molecule has 0 unspecified atom stereocenters. The van der Waals surface area contributed by atoms with Crippen molar-refractivity contribution < 1.29 is 4.74 Å². The minimum Gasteiger partial charge on any atom is -0.381 e. The minimum absolute atomic E-state index is 0.643. The lowest BCUT2D eigenvalue weighted by molar-refractivity contribution is 0.0596. The van der Waals surface area contributed by atoms with E-state index in [9.17, 15) is 0 Å². The predicted molar refractivity (Wildman–Crippen MR) is 67.9 cm³/mol. The fourth-order valence-electron chi connectivity index (χ4n) is 2.14. The Kier molecular flexibility index (Phi) is 5.07. The molecule has 0 radical (unpaired) electrons. The van der Waals surface area contributed by atoms with Gasteiger partial charge in [0.05, 0.1) is 6.54 Å². The van der Waals surface area contributed by atoms with Crippen LogP contribution in [0.1, 0.15) is 32.5 Å². The lowest BCUT2D eigenvalue weighted by Crippen LogP contribution is -2.25. The molecule has 0 saturated carbocycles. The molecule has 2 heterocycles. The van der Waals surface area contributed by atoms with Crippen LogP contribution in [0.15, 0.2) is 0 Å². The maximum absolute atomic E-state index is 5.37. The average molecular weight is 253 g/mol. The second kappa shape index (κ2) is 6.80. The maximum Gasteiger partial charge on any atom is 0.165 e. The van der Waals surface area contributed by atoms with Crippen LogP contribution >= 0.6 is 0 Å². The van der Waals surface area contributed by atoms with Crippen molar-refractivity contribution in [1.29, 1.82) is 0 Å². The Labute approximate surface area is 108 Å². The van der Waals surface area contributed by atoms with Crippen LogP contribution in [0.5, 0.6) is 0 Å². The zero-order valence-corrected chi connectivity index (χ0v) is 11.3. The molecule has 1 aliphatic rings. The molecule has 18 heavy (non-hydrogen) atoms. The molecule has 0 spiro atoms. The molecule has 2 rings (SSSR count). The number of tetrazole rings is 1. The fraction of sp³-hybridized carbons (Fsp3) is 0.917. The van der Waals surface area contributed by atoms with E-state index < -0.39 is 0 Å². The zero-order chi connectivity index (χ0) is 12.8. The average Bonchev–Trinajstić information content (AvgIpc) is 2.78. The summed E-state index contributed by atoms with van der Waals surface area (Å²) in [6, 6.07) is 0. The van der Waals surface area contributed by atoms with Crippen molar-refractivity contribution >= 4 is 0 Å². The topological polar surface area (TPSA) is 64.9 Å². The van der Waals surface area contributed by atoms with Gasteiger partial charge in [-0.2, -0.15) is 0 Å². The smallest absolute Gasteiger partial charge is 0.165 e. The molecule has 1 saturated heterocycles. The monoisotopic (exact) mass is 253 g/mol. The van der Waals surface area contributed by atoms with E-state index >= 15 is 0 Å². The lowest BCUT2D eigenvalue weighted by Gasteiger charge is -2.21. The molecule has 1 aromatic heterocycles. The van der Waals surface area contributed by atoms with Crippen molar-refractivity contribution in [2.45, 2.75) is 39.8 Å². The van der Waals surface area contributed by atoms with Crippen LogP contribution in [0.2, 0.25) is 0 Å². The van der Waals surface area contributed by atoms with Crippen LogP contribution in [-0.4, -0.2) is 40.0 Å². The summed E-state index contributed by atoms with van der Waals surface area (Å²) in [4.78, 5) is 0. The van der Waals surface area contributed by atoms with Gasteiger partial charge < -0.3 is 10.1 Å². The van der Waals surface area contributed by atoms with Gasteiger partial charge in [-0.3, -0.25) is 0 Å². The van der Waals surface area contributed by atoms with Crippen molar-refractivity contribution in [2.75, 3.05) is 19.8 Å². The Morgan fingerprint density at radius 1 is 1.39 bits per heavy atom. The molecule has 0 aromatic carbocycles. The highest BCUT2D eigenvalue weighted by molar-refractivity contribution is 4.81. The van der Waals surface area contributed by atoms with Crippen LogP contribution in [0, 0.1) is 11.8 Å². The Morgan fingerprint density at radius 2 is 2.17 bits per heavy atom. The number of nitrogens with one attached hydrogen (secondary N) is 1. The van der Waals surface area contributed by atoms with E-state index in [1.165, 1.54) is 0 Å². The van der Waals surface area contributed by atoms with Crippen molar-refractivity contribution in [3.63, 3.8) is 0 Å². The summed E-state index contributed by atoms with van der Waals surface area (Å²) in [6.45, 7) is 8.77. The Bertz CT molecular complexity index is 346. The normalized spacial score (nSPS) is 17.5. The third kappa shape index (κ3) is 4.03. The van der Waals surface area contributed by atoms with Crippen molar-refractivity contribution in [3.8, 4) is 0 Å². The molecule has 1 N–H and O–H groups in total. The molecule has 1 aromatic rings. The summed E-state index contributed by atoms with van der Waals surface area (Å²) in [5, 5.41) is 15.3. The van der Waals surface area contributed by atoms with Gasteiger partial charge in [0.1, 0.15) is 0 Å². The number of hydrogen-bond acceptors (Lipinski definition) is 5. The summed E-state index contributed by atoms with van der Waals surface area (Å²) >= 11 is 0. The van der Waals surface area contributed by atoms with E-state index in [2.05, 4.69) is 34.7 Å². The van der Waals surface area contributed by atoms with Gasteiger partial charge in [-0.15, -0.1) is 5.10 Å². The molecular weight excluding hydrogens is 230 g/mol. The summed E-state index contributed by atoms with van der Waals surface area (Å²) in [5.74, 6) is 2.22. The number of nitrogens with zero attached hydrogens (tertiary/aromatic N) is 4. The first-order valence-electron chi connectivity index (χ1n) is 6.79. The highest BCUT2D eigenvalue weighted by Crippen LogP contribution is 2.16. The molecular formula is C12H23N5O. The third-order valence-electron chi connectivity index (χ3n) is 3.21. The summed E-state index contributed by atoms with van der Waals surface area (Å²) < 4.78 is 7.30. The summed E-state index contributed by atoms with van der Waals surface area (Å²) in [7, 11) is 0. The lowest BCUT2D eigenvalue weighted by atomic mass is 10.0. The summed E-state index contributed by atoms with van der Waals surface area (Å²) in [5.41, 5.74) is 0. The molecule has 0 amide bonds. The predicted octanol–water partition coefficient (Wildman–Crippen LogP) is 0.845. The second-order valence-corrected chi connectivity index (χ2v) is 5.36. The van der Waals surface area contributed by atoms with E-state index in [1.807, 2.05) is 4.68 Å². The van der Waals surface area contributed by atoms with Gasteiger partial charge >= 0.3 is 0 Å². The Morgan fingerprint density at radius 3 is 2.89 bits per heavy atom. The van der Waals surface area contributed by atoms with Gasteiger partial charge in [0.2, 0.25) is 0 Å². The SMILES string of the molecule is CC(C)CNCc1nnnn1CC1CCOCC1. The molecule has 0 bridgehead atoms. The molecule has 102 valence electrons. The van der Waals surface area contributed by atoms with E-state index in [4.69, 9.17) is 4.74 Å². The van der Waals surface area contributed by atoms with Gasteiger partial charge in [0.15, 0.2) is 5.82 Å². The van der Waals surface area contributed by atoms with E-state index in [1.54, 1.807) is 0 Å². The standard InChI is InChI=1S/C12H23N5O/c1-10(2)7-13-8-12-14-15-16-17(12)9-11-3-5-18-6-4-11/h10-11,13H,3-9H2,1-2H3. The van der Waals surface area contributed by atoms with Crippen LogP contribution in [0.25, 0.3) is 0 Å². The molecule has 6 heteroatoms. The molecule has 1 fully saturated rings. The first-order valence-corrected chi connectivity index (χ1v) is 6.79. The maximum atomic E-state index is 5.37. The first kappa shape index (κ1) is 13.4. The highest BCUT2D eigenvalue weighted by atomic mass is 16.5. The number of ether oxygens (including phenoxy) is 1. The quantitative estimate of drug-likeness (QED) is 0.814. The molecule has 1 aliphatic heterocycles. The largest absolute Gasteiger partial charge is 0.381 e. The second-order valence-electron chi connectivity index (χ2n) is 5.36. The van der Waals surface area contributed by atoms with Crippen molar-refractivity contribution in [1.82, 2.24) is 25.5 Å². The van der Waals surface area contributed by atoms with Crippen LogP contribution < -0.4 is 5.32 Å². The number of aromatic nitrogens is 4. The number of rotatable bonds is 6. The minimum atomic E-state index is 0.643. The van der Waals surface area contributed by atoms with Gasteiger partial charge in [0, 0.05) is 19.8 Å². The summed E-state index contributed by atoms with van der Waals surface area (Å²) in [6.07, 6.45) is 2.22.